The fourth-order valence-corrected chi connectivity index (χ4v) is 2.85. The van der Waals surface area contributed by atoms with Gasteiger partial charge in [-0.2, -0.15) is 11.3 Å². The molecule has 14 heavy (non-hydrogen) atoms. The summed E-state index contributed by atoms with van der Waals surface area (Å²) < 4.78 is 0. The quantitative estimate of drug-likeness (QED) is 0.802. The zero-order valence-electron chi connectivity index (χ0n) is 8.99. The van der Waals surface area contributed by atoms with Gasteiger partial charge in [-0.3, -0.25) is 0 Å². The molecule has 1 aliphatic carbocycles. The average molecular weight is 209 g/mol. The summed E-state index contributed by atoms with van der Waals surface area (Å²) >= 11 is 1.82. The zero-order chi connectivity index (χ0) is 9.97. The van der Waals surface area contributed by atoms with Crippen molar-refractivity contribution in [2.75, 3.05) is 6.54 Å². The monoisotopic (exact) mass is 209 g/mol. The third kappa shape index (κ3) is 2.18. The lowest BCUT2D eigenvalue weighted by Gasteiger charge is -2.37. The first kappa shape index (κ1) is 10.2. The van der Waals surface area contributed by atoms with E-state index in [0.29, 0.717) is 6.04 Å². The molecule has 0 spiro atoms. The van der Waals surface area contributed by atoms with E-state index in [1.54, 1.807) is 5.56 Å². The molecule has 0 aromatic carbocycles. The Morgan fingerprint density at radius 1 is 1.50 bits per heavy atom. The number of hydrogen-bond acceptors (Lipinski definition) is 2. The molecule has 0 bridgehead atoms. The largest absolute Gasteiger partial charge is 0.314 e. The molecule has 0 aliphatic heterocycles. The van der Waals surface area contributed by atoms with Crippen LogP contribution in [-0.4, -0.2) is 12.6 Å². The molecule has 1 nitrogen and oxygen atoms in total. The van der Waals surface area contributed by atoms with Crippen molar-refractivity contribution in [3.05, 3.63) is 22.4 Å². The van der Waals surface area contributed by atoms with Crippen LogP contribution in [-0.2, 0) is 0 Å². The van der Waals surface area contributed by atoms with Crippen molar-refractivity contribution in [1.82, 2.24) is 5.32 Å². The molecule has 1 saturated carbocycles. The van der Waals surface area contributed by atoms with Gasteiger partial charge in [0.25, 0.3) is 0 Å². The van der Waals surface area contributed by atoms with E-state index < -0.39 is 0 Å². The van der Waals surface area contributed by atoms with Crippen LogP contribution >= 0.6 is 11.3 Å². The molecular formula is C12H19NS. The van der Waals surface area contributed by atoms with Gasteiger partial charge in [0, 0.05) is 6.04 Å². The topological polar surface area (TPSA) is 12.0 Å². The van der Waals surface area contributed by atoms with Crippen LogP contribution < -0.4 is 5.32 Å². The summed E-state index contributed by atoms with van der Waals surface area (Å²) in [5.41, 5.74) is 1.57. The molecule has 2 unspecified atom stereocenters. The van der Waals surface area contributed by atoms with Gasteiger partial charge in [0.15, 0.2) is 0 Å². The van der Waals surface area contributed by atoms with E-state index in [1.807, 2.05) is 11.3 Å². The Hall–Kier alpha value is -0.340. The first-order valence-electron chi connectivity index (χ1n) is 5.53. The Morgan fingerprint density at radius 3 is 2.86 bits per heavy atom. The Balaban J connectivity index is 1.84. The lowest BCUT2D eigenvalue weighted by Crippen LogP contribution is -2.36. The number of nitrogens with one attached hydrogen (secondary N) is 1. The summed E-state index contributed by atoms with van der Waals surface area (Å²) in [6.45, 7) is 5.63. The van der Waals surface area contributed by atoms with Crippen LogP contribution in [0.1, 0.15) is 38.2 Å². The second-order valence-corrected chi connectivity index (χ2v) is 5.34. The number of thiophene rings is 1. The Labute approximate surface area is 90.5 Å². The van der Waals surface area contributed by atoms with E-state index in [1.165, 1.54) is 19.4 Å². The highest BCUT2D eigenvalue weighted by molar-refractivity contribution is 7.07. The zero-order valence-corrected chi connectivity index (χ0v) is 9.81. The van der Waals surface area contributed by atoms with Gasteiger partial charge in [-0.25, -0.2) is 0 Å². The molecule has 0 saturated heterocycles. The van der Waals surface area contributed by atoms with Gasteiger partial charge in [-0.1, -0.05) is 13.8 Å². The van der Waals surface area contributed by atoms with Gasteiger partial charge >= 0.3 is 0 Å². The Morgan fingerprint density at radius 2 is 2.36 bits per heavy atom. The highest BCUT2D eigenvalue weighted by Gasteiger charge is 2.31. The smallest absolute Gasteiger partial charge is 0.00104 e. The van der Waals surface area contributed by atoms with Crippen molar-refractivity contribution >= 4 is 11.3 Å². The second kappa shape index (κ2) is 4.45. The molecule has 1 heterocycles. The van der Waals surface area contributed by atoms with Gasteiger partial charge in [0.1, 0.15) is 0 Å². The van der Waals surface area contributed by atoms with Crippen LogP contribution in [0.4, 0.5) is 0 Å². The van der Waals surface area contributed by atoms with E-state index in [4.69, 9.17) is 0 Å². The van der Waals surface area contributed by atoms with Crippen molar-refractivity contribution in [2.45, 2.75) is 38.6 Å². The summed E-state index contributed by atoms with van der Waals surface area (Å²) in [4.78, 5) is 0. The summed E-state index contributed by atoms with van der Waals surface area (Å²) in [5.74, 6) is 1.72. The SMILES string of the molecule is CC(C)NCC1CCC1c1ccsc1. The second-order valence-electron chi connectivity index (χ2n) is 4.56. The number of rotatable bonds is 4. The predicted octanol–water partition coefficient (Wildman–Crippen LogP) is 3.24. The average Bonchev–Trinajstić information content (AvgIpc) is 2.54. The highest BCUT2D eigenvalue weighted by Crippen LogP contribution is 2.42. The molecule has 2 atom stereocenters. The Kier molecular flexibility index (Phi) is 3.24. The van der Waals surface area contributed by atoms with Crippen LogP contribution in [0.2, 0.25) is 0 Å². The molecule has 2 rings (SSSR count). The lowest BCUT2D eigenvalue weighted by molar-refractivity contribution is 0.241. The molecular weight excluding hydrogens is 190 g/mol. The van der Waals surface area contributed by atoms with Crippen LogP contribution in [0.15, 0.2) is 16.8 Å². The summed E-state index contributed by atoms with van der Waals surface area (Å²) in [6.07, 6.45) is 2.79. The van der Waals surface area contributed by atoms with E-state index in [-0.39, 0.29) is 0 Å². The fourth-order valence-electron chi connectivity index (χ4n) is 2.13. The first-order chi connectivity index (χ1) is 6.77. The third-order valence-corrected chi connectivity index (χ3v) is 3.88. The molecule has 1 N–H and O–H groups in total. The maximum atomic E-state index is 3.54. The lowest BCUT2D eigenvalue weighted by atomic mass is 9.70. The Bertz CT molecular complexity index is 266. The molecule has 0 radical (unpaired) electrons. The summed E-state index contributed by atoms with van der Waals surface area (Å²) in [7, 11) is 0. The molecule has 78 valence electrons. The minimum absolute atomic E-state index is 0.624. The molecule has 1 aliphatic rings. The molecule has 1 aromatic heterocycles. The van der Waals surface area contributed by atoms with Gasteiger partial charge in [-0.15, -0.1) is 0 Å². The standard InChI is InChI=1S/C12H19NS/c1-9(2)13-7-10-3-4-12(10)11-5-6-14-8-11/h5-6,8-10,12-13H,3-4,7H2,1-2H3. The van der Waals surface area contributed by atoms with Gasteiger partial charge < -0.3 is 5.32 Å². The molecule has 1 fully saturated rings. The third-order valence-electron chi connectivity index (χ3n) is 3.18. The van der Waals surface area contributed by atoms with Crippen molar-refractivity contribution in [3.8, 4) is 0 Å². The van der Waals surface area contributed by atoms with Crippen LogP contribution in [0.25, 0.3) is 0 Å². The normalized spacial score (nSPS) is 26.5. The van der Waals surface area contributed by atoms with Crippen LogP contribution in [0.3, 0.4) is 0 Å². The minimum Gasteiger partial charge on any atom is -0.314 e. The minimum atomic E-state index is 0.624. The summed E-state index contributed by atoms with van der Waals surface area (Å²) in [6, 6.07) is 2.91. The van der Waals surface area contributed by atoms with Crippen LogP contribution in [0.5, 0.6) is 0 Å². The van der Waals surface area contributed by atoms with E-state index in [2.05, 4.69) is 36.0 Å². The van der Waals surface area contributed by atoms with Crippen LogP contribution in [0, 0.1) is 5.92 Å². The maximum Gasteiger partial charge on any atom is 0.00104 e. The number of hydrogen-bond donors (Lipinski definition) is 1. The van der Waals surface area contributed by atoms with Gasteiger partial charge in [0.2, 0.25) is 0 Å². The first-order valence-corrected chi connectivity index (χ1v) is 6.47. The predicted molar refractivity (Wildman–Crippen MR) is 62.9 cm³/mol. The van der Waals surface area contributed by atoms with Crippen molar-refractivity contribution in [1.29, 1.82) is 0 Å². The maximum absolute atomic E-state index is 3.54. The van der Waals surface area contributed by atoms with E-state index in [0.717, 1.165) is 11.8 Å². The van der Waals surface area contributed by atoms with Gasteiger partial charge in [0.05, 0.1) is 0 Å². The van der Waals surface area contributed by atoms with E-state index in [9.17, 15) is 0 Å². The molecule has 0 amide bonds. The van der Waals surface area contributed by atoms with Crippen molar-refractivity contribution < 1.29 is 0 Å². The van der Waals surface area contributed by atoms with Crippen molar-refractivity contribution in [2.24, 2.45) is 5.92 Å². The fraction of sp³-hybridized carbons (Fsp3) is 0.667. The van der Waals surface area contributed by atoms with E-state index >= 15 is 0 Å². The highest BCUT2D eigenvalue weighted by atomic mass is 32.1. The molecule has 1 aromatic rings. The summed E-state index contributed by atoms with van der Waals surface area (Å²) in [5, 5.41) is 8.05. The van der Waals surface area contributed by atoms with Crippen molar-refractivity contribution in [3.63, 3.8) is 0 Å². The molecule has 2 heteroatoms. The van der Waals surface area contributed by atoms with Gasteiger partial charge in [-0.05, 0) is 53.6 Å².